The molecule has 2 fully saturated rings. The summed E-state index contributed by atoms with van der Waals surface area (Å²) in [6.07, 6.45) is 2.73. The zero-order chi connectivity index (χ0) is 12.5. The molecular weight excluding hydrogens is 224 g/mol. The molecule has 0 aromatic rings. The van der Waals surface area contributed by atoms with Crippen LogP contribution in [0, 0.1) is 5.41 Å². The fourth-order valence-corrected chi connectivity index (χ4v) is 2.07. The molecule has 0 radical (unpaired) electrons. The average Bonchev–Trinajstić information content (AvgIpc) is 2.94. The topological polar surface area (TPSA) is 86.7 Å². The number of rotatable bonds is 4. The molecule has 2 N–H and O–H groups in total. The number of hydrogen-bond acceptors (Lipinski definition) is 3. The number of carbonyl (C=O) groups excluding carboxylic acids is 2. The molecule has 0 aromatic heterocycles. The number of hydrogen-bond donors (Lipinski definition) is 2. The molecule has 1 aliphatic heterocycles. The zero-order valence-corrected chi connectivity index (χ0v) is 9.57. The van der Waals surface area contributed by atoms with Gasteiger partial charge in [0.05, 0.1) is 6.54 Å². The van der Waals surface area contributed by atoms with Crippen LogP contribution in [0.25, 0.3) is 0 Å². The Morgan fingerprint density at radius 3 is 2.24 bits per heavy atom. The van der Waals surface area contributed by atoms with Gasteiger partial charge in [0.15, 0.2) is 0 Å². The second-order valence-electron chi connectivity index (χ2n) is 4.66. The van der Waals surface area contributed by atoms with E-state index in [2.05, 4.69) is 5.32 Å². The van der Waals surface area contributed by atoms with Crippen molar-refractivity contribution in [3.63, 3.8) is 0 Å². The van der Waals surface area contributed by atoms with Gasteiger partial charge in [-0.15, -0.1) is 0 Å². The molecule has 0 aromatic carbocycles. The summed E-state index contributed by atoms with van der Waals surface area (Å²) in [5, 5.41) is 11.3. The van der Waals surface area contributed by atoms with Crippen molar-refractivity contribution in [1.29, 1.82) is 0 Å². The molecule has 0 spiro atoms. The second kappa shape index (κ2) is 4.35. The minimum absolute atomic E-state index is 0.0894. The monoisotopic (exact) mass is 240 g/mol. The van der Waals surface area contributed by atoms with E-state index in [1.807, 2.05) is 0 Å². The summed E-state index contributed by atoms with van der Waals surface area (Å²) in [6, 6.07) is 0. The molecule has 0 atom stereocenters. The van der Waals surface area contributed by atoms with Gasteiger partial charge in [0.1, 0.15) is 5.41 Å². The Morgan fingerprint density at radius 2 is 1.76 bits per heavy atom. The van der Waals surface area contributed by atoms with E-state index in [-0.39, 0.29) is 12.5 Å². The van der Waals surface area contributed by atoms with Gasteiger partial charge < -0.3 is 15.3 Å². The zero-order valence-electron chi connectivity index (χ0n) is 9.57. The lowest BCUT2D eigenvalue weighted by molar-refractivity contribution is -0.149. The van der Waals surface area contributed by atoms with E-state index in [1.54, 1.807) is 4.90 Å². The number of carboxylic acids is 1. The molecule has 2 amide bonds. The number of likely N-dealkylation sites (tertiary alicyclic amines) is 1. The third-order valence-corrected chi connectivity index (χ3v) is 3.45. The van der Waals surface area contributed by atoms with Gasteiger partial charge in [-0.2, -0.15) is 0 Å². The highest BCUT2D eigenvalue weighted by atomic mass is 16.4. The van der Waals surface area contributed by atoms with E-state index in [0.717, 1.165) is 25.9 Å². The number of carboxylic acid groups (broad SMARTS) is 1. The highest BCUT2D eigenvalue weighted by molar-refractivity contribution is 6.05. The predicted molar refractivity (Wildman–Crippen MR) is 58.1 cm³/mol. The summed E-state index contributed by atoms with van der Waals surface area (Å²) in [6.45, 7) is 1.38. The summed E-state index contributed by atoms with van der Waals surface area (Å²) in [5.41, 5.74) is -1.26. The van der Waals surface area contributed by atoms with Crippen LogP contribution in [0.5, 0.6) is 0 Å². The van der Waals surface area contributed by atoms with Crippen LogP contribution in [0.1, 0.15) is 25.7 Å². The molecule has 2 rings (SSSR count). The number of nitrogens with zero attached hydrogens (tertiary/aromatic N) is 1. The van der Waals surface area contributed by atoms with E-state index in [9.17, 15) is 14.4 Å². The maximum Gasteiger partial charge on any atom is 0.319 e. The van der Waals surface area contributed by atoms with E-state index in [1.165, 1.54) is 0 Å². The second-order valence-corrected chi connectivity index (χ2v) is 4.66. The van der Waals surface area contributed by atoms with E-state index >= 15 is 0 Å². The maximum absolute atomic E-state index is 11.6. The van der Waals surface area contributed by atoms with Gasteiger partial charge in [-0.25, -0.2) is 0 Å². The van der Waals surface area contributed by atoms with Crippen molar-refractivity contribution < 1.29 is 19.5 Å². The Bertz CT molecular complexity index is 356. The lowest BCUT2D eigenvalue weighted by atomic mass is 10.1. The van der Waals surface area contributed by atoms with Crippen LogP contribution in [-0.4, -0.2) is 47.4 Å². The van der Waals surface area contributed by atoms with Crippen LogP contribution in [0.4, 0.5) is 0 Å². The summed E-state index contributed by atoms with van der Waals surface area (Å²) in [7, 11) is 0. The Labute approximate surface area is 99.0 Å². The van der Waals surface area contributed by atoms with Gasteiger partial charge in [-0.3, -0.25) is 14.4 Å². The Morgan fingerprint density at radius 1 is 1.18 bits per heavy atom. The van der Waals surface area contributed by atoms with Gasteiger partial charge in [0.25, 0.3) is 0 Å². The smallest absolute Gasteiger partial charge is 0.319 e. The average molecular weight is 240 g/mol. The molecule has 17 heavy (non-hydrogen) atoms. The molecule has 94 valence electrons. The highest BCUT2D eigenvalue weighted by Gasteiger charge is 2.57. The normalized spacial score (nSPS) is 21.1. The molecular formula is C11H16N2O4. The van der Waals surface area contributed by atoms with Gasteiger partial charge in [-0.05, 0) is 25.7 Å². The first kappa shape index (κ1) is 11.9. The molecule has 0 unspecified atom stereocenters. The number of nitrogens with one attached hydrogen (secondary N) is 1. The molecule has 6 heteroatoms. The maximum atomic E-state index is 11.6. The van der Waals surface area contributed by atoms with E-state index in [0.29, 0.717) is 12.8 Å². The van der Waals surface area contributed by atoms with Crippen molar-refractivity contribution >= 4 is 17.8 Å². The standard InChI is InChI=1S/C11H16N2O4/c14-8(13-5-1-2-6-13)7-12-9(15)11(3-4-11)10(16)17/h1-7H2,(H,12,15)(H,16,17). The van der Waals surface area contributed by atoms with Crippen LogP contribution in [-0.2, 0) is 14.4 Å². The number of carbonyl (C=O) groups is 3. The molecule has 6 nitrogen and oxygen atoms in total. The molecule has 1 saturated carbocycles. The SMILES string of the molecule is O=C(CNC(=O)C1(C(=O)O)CC1)N1CCCC1. The van der Waals surface area contributed by atoms with Crippen LogP contribution in [0.15, 0.2) is 0 Å². The first-order valence-electron chi connectivity index (χ1n) is 5.86. The highest BCUT2D eigenvalue weighted by Crippen LogP contribution is 2.45. The Hall–Kier alpha value is -1.59. The summed E-state index contributed by atoms with van der Waals surface area (Å²) >= 11 is 0. The quantitative estimate of drug-likeness (QED) is 0.654. The molecule has 1 heterocycles. The van der Waals surface area contributed by atoms with Crippen LogP contribution < -0.4 is 5.32 Å². The third-order valence-electron chi connectivity index (χ3n) is 3.45. The lowest BCUT2D eigenvalue weighted by Crippen LogP contribution is -2.43. The van der Waals surface area contributed by atoms with Gasteiger partial charge >= 0.3 is 5.97 Å². The van der Waals surface area contributed by atoms with Crippen molar-refractivity contribution in [2.24, 2.45) is 5.41 Å². The van der Waals surface area contributed by atoms with Crippen molar-refractivity contribution in [1.82, 2.24) is 10.2 Å². The predicted octanol–water partition coefficient (Wildman–Crippen LogP) is -0.410. The van der Waals surface area contributed by atoms with Gasteiger partial charge in [-0.1, -0.05) is 0 Å². The van der Waals surface area contributed by atoms with Crippen molar-refractivity contribution in [3.8, 4) is 0 Å². The minimum Gasteiger partial charge on any atom is -0.480 e. The van der Waals surface area contributed by atoms with E-state index < -0.39 is 17.3 Å². The van der Waals surface area contributed by atoms with Crippen LogP contribution in [0.2, 0.25) is 0 Å². The Kier molecular flexibility index (Phi) is 3.04. The molecule has 2 aliphatic rings. The first-order chi connectivity index (χ1) is 8.06. The fourth-order valence-electron chi connectivity index (χ4n) is 2.07. The lowest BCUT2D eigenvalue weighted by Gasteiger charge is -2.16. The van der Waals surface area contributed by atoms with E-state index in [4.69, 9.17) is 5.11 Å². The fraction of sp³-hybridized carbons (Fsp3) is 0.727. The summed E-state index contributed by atoms with van der Waals surface area (Å²) in [4.78, 5) is 35.8. The van der Waals surface area contributed by atoms with Gasteiger partial charge in [0, 0.05) is 13.1 Å². The minimum atomic E-state index is -1.26. The number of aliphatic carboxylic acids is 1. The van der Waals surface area contributed by atoms with Gasteiger partial charge in [0.2, 0.25) is 11.8 Å². The Balaban J connectivity index is 1.80. The van der Waals surface area contributed by atoms with Crippen molar-refractivity contribution in [2.75, 3.05) is 19.6 Å². The molecule has 0 bridgehead atoms. The van der Waals surface area contributed by atoms with Crippen LogP contribution in [0.3, 0.4) is 0 Å². The summed E-state index contributed by atoms with van der Waals surface area (Å²) < 4.78 is 0. The largest absolute Gasteiger partial charge is 0.480 e. The van der Waals surface area contributed by atoms with Crippen LogP contribution >= 0.6 is 0 Å². The summed E-state index contributed by atoms with van der Waals surface area (Å²) in [5.74, 6) is -1.75. The molecule has 1 aliphatic carbocycles. The first-order valence-corrected chi connectivity index (χ1v) is 5.86. The number of amides is 2. The third kappa shape index (κ3) is 2.25. The molecule has 1 saturated heterocycles. The van der Waals surface area contributed by atoms with Crippen molar-refractivity contribution in [3.05, 3.63) is 0 Å². The van der Waals surface area contributed by atoms with Crippen molar-refractivity contribution in [2.45, 2.75) is 25.7 Å².